The molecule has 2 heterocycles. The van der Waals surface area contributed by atoms with Crippen molar-refractivity contribution >= 4 is 46.7 Å². The van der Waals surface area contributed by atoms with E-state index in [0.717, 1.165) is 62.8 Å². The number of aromatic nitrogens is 1. The largest absolute Gasteiger partial charge is 0.481 e. The number of likely N-dealkylation sites (tertiary alicyclic amines) is 1. The maximum absolute atomic E-state index is 14.8. The third-order valence-corrected chi connectivity index (χ3v) is 12.6. The van der Waals surface area contributed by atoms with Crippen molar-refractivity contribution in [3.05, 3.63) is 45.7 Å². The molecule has 6 atom stereocenters. The second-order valence-corrected chi connectivity index (χ2v) is 18.3. The summed E-state index contributed by atoms with van der Waals surface area (Å²) >= 11 is 1.15. The number of nitrogens with two attached hydrogens (primary N) is 1. The number of carbonyl (C=O) groups excluding carboxylic acids is 4. The zero-order valence-electron chi connectivity index (χ0n) is 37.1. The van der Waals surface area contributed by atoms with Crippen molar-refractivity contribution in [2.45, 2.75) is 156 Å². The van der Waals surface area contributed by atoms with E-state index >= 15 is 0 Å². The molecule has 0 radical (unpaired) electrons. The van der Waals surface area contributed by atoms with Gasteiger partial charge in [0, 0.05) is 37.4 Å². The van der Waals surface area contributed by atoms with Crippen LogP contribution in [0.3, 0.4) is 0 Å². The first-order valence-electron chi connectivity index (χ1n) is 21.6. The Morgan fingerprint density at radius 3 is 2.43 bits per heavy atom. The van der Waals surface area contributed by atoms with Gasteiger partial charge in [0.15, 0.2) is 6.10 Å². The number of carboxylic acid groups (broad SMARTS) is 1. The fraction of sp³-hybridized carbons (Fsp3) is 0.682. The van der Waals surface area contributed by atoms with Crippen molar-refractivity contribution < 1.29 is 38.2 Å². The number of likely N-dealkylation sites (N-methyl/N-ethyl adjacent to an activating group) is 1. The summed E-state index contributed by atoms with van der Waals surface area (Å²) in [5, 5.41) is 14.9. The highest BCUT2D eigenvalue weighted by Crippen LogP contribution is 2.32. The quantitative estimate of drug-likeness (QED) is 0.0328. The Kier molecular flexibility index (Phi) is 19.9. The molecule has 1 aliphatic rings. The van der Waals surface area contributed by atoms with Gasteiger partial charge in [-0.25, -0.2) is 14.8 Å². The van der Waals surface area contributed by atoms with Crippen LogP contribution >= 0.6 is 11.3 Å². The average molecular weight is 860 g/mol. The van der Waals surface area contributed by atoms with E-state index in [-0.39, 0.29) is 60.3 Å². The smallest absolute Gasteiger partial charge is 0.309 e. The molecule has 0 spiro atoms. The summed E-state index contributed by atoms with van der Waals surface area (Å²) < 4.78 is 20.2. The number of rotatable bonds is 24. The molecule has 16 heteroatoms. The standard InChI is InChI=1S/C44H70FN7O7S/c1-10-12-13-15-21-52(42(56)38(28(5)11-2)48-40(55)35-17-14-16-20-51(35)9)36(27(3)4)24-37(59-29(6)53)41-47-34(26-60-41)39(54)50-49-31(25-44(7,8)43(57)58)22-30-18-19-33(46)32(45)23-30/h18-19,23,26-28,31,35-38,49H,10-17,20-22,24-25,46H2,1-9H3,(H,48,55)(H,50,54)(H,57,58)/t28-,31?,35+,36+,37+,38-/m0/s1. The van der Waals surface area contributed by atoms with Crippen molar-refractivity contribution in [2.75, 3.05) is 25.9 Å². The molecule has 1 saturated heterocycles. The monoisotopic (exact) mass is 860 g/mol. The van der Waals surface area contributed by atoms with Gasteiger partial charge in [0.25, 0.3) is 5.91 Å². The molecule has 1 unspecified atom stereocenters. The van der Waals surface area contributed by atoms with E-state index in [2.05, 4.69) is 33.0 Å². The van der Waals surface area contributed by atoms with E-state index in [1.807, 2.05) is 39.6 Å². The highest BCUT2D eigenvalue weighted by atomic mass is 32.1. The van der Waals surface area contributed by atoms with Gasteiger partial charge >= 0.3 is 11.9 Å². The number of ether oxygens (including phenoxy) is 1. The number of hydrogen-bond donors (Lipinski definition) is 5. The predicted octanol–water partition coefficient (Wildman–Crippen LogP) is 6.65. The molecule has 1 aromatic heterocycles. The molecule has 0 aliphatic carbocycles. The Labute approximate surface area is 359 Å². The highest BCUT2D eigenvalue weighted by molar-refractivity contribution is 7.09. The number of nitrogens with zero attached hydrogens (tertiary/aromatic N) is 3. The number of thiazole rings is 1. The number of unbranched alkanes of at least 4 members (excludes halogenated alkanes) is 3. The number of nitrogen functional groups attached to an aromatic ring is 1. The van der Waals surface area contributed by atoms with E-state index in [1.165, 1.54) is 19.1 Å². The molecule has 60 heavy (non-hydrogen) atoms. The molecule has 336 valence electrons. The molecular weight excluding hydrogens is 790 g/mol. The number of nitrogens with one attached hydrogen (secondary N) is 3. The maximum Gasteiger partial charge on any atom is 0.309 e. The van der Waals surface area contributed by atoms with Crippen molar-refractivity contribution in [1.82, 2.24) is 31.0 Å². The zero-order chi connectivity index (χ0) is 44.7. The van der Waals surface area contributed by atoms with Gasteiger partial charge in [-0.15, -0.1) is 11.3 Å². The summed E-state index contributed by atoms with van der Waals surface area (Å²) in [6, 6.07) is 2.29. The number of hydrazine groups is 1. The number of carboxylic acids is 1. The number of aliphatic carboxylic acids is 1. The first-order valence-corrected chi connectivity index (χ1v) is 22.4. The minimum Gasteiger partial charge on any atom is -0.481 e. The lowest BCUT2D eigenvalue weighted by Crippen LogP contribution is -2.59. The van der Waals surface area contributed by atoms with E-state index < -0.39 is 53.3 Å². The Bertz CT molecular complexity index is 1740. The van der Waals surface area contributed by atoms with Crippen LogP contribution in [-0.2, 0) is 30.3 Å². The normalized spacial score (nSPS) is 17.3. The van der Waals surface area contributed by atoms with Gasteiger partial charge in [-0.2, -0.15) is 0 Å². The van der Waals surface area contributed by atoms with E-state index in [4.69, 9.17) is 10.5 Å². The first-order chi connectivity index (χ1) is 28.3. The van der Waals surface area contributed by atoms with Gasteiger partial charge in [-0.05, 0) is 89.1 Å². The van der Waals surface area contributed by atoms with Gasteiger partial charge in [0.05, 0.1) is 17.1 Å². The lowest BCUT2D eigenvalue weighted by Gasteiger charge is -2.40. The minimum atomic E-state index is -1.18. The summed E-state index contributed by atoms with van der Waals surface area (Å²) in [6.07, 6.45) is 6.73. The Morgan fingerprint density at radius 1 is 1.12 bits per heavy atom. The van der Waals surface area contributed by atoms with Crippen LogP contribution in [0.1, 0.15) is 147 Å². The predicted molar refractivity (Wildman–Crippen MR) is 232 cm³/mol. The summed E-state index contributed by atoms with van der Waals surface area (Å²) in [6.45, 7) is 15.9. The van der Waals surface area contributed by atoms with Crippen LogP contribution in [0.5, 0.6) is 0 Å². The lowest BCUT2D eigenvalue weighted by molar-refractivity contribution is -0.150. The van der Waals surface area contributed by atoms with E-state index in [1.54, 1.807) is 25.3 Å². The SMILES string of the molecule is CCCCCCN(C(=O)[C@@H](NC(=O)[C@H]1CCCCN1C)[C@@H](C)CC)[C@H](C[C@@H](OC(C)=O)c1nc(C(=O)NNC(Cc2ccc(N)c(F)c2)CC(C)(C)C(=O)O)cs1)C(C)C. The Morgan fingerprint density at radius 2 is 1.83 bits per heavy atom. The van der Waals surface area contributed by atoms with E-state index in [0.29, 0.717) is 23.5 Å². The number of piperidine rings is 1. The number of hydrogen-bond acceptors (Lipinski definition) is 11. The molecule has 2 aromatic rings. The molecule has 3 rings (SSSR count). The van der Waals surface area contributed by atoms with Crippen LogP contribution in [0, 0.1) is 23.1 Å². The second kappa shape index (κ2) is 23.7. The van der Waals surface area contributed by atoms with Crippen molar-refractivity contribution in [1.29, 1.82) is 0 Å². The first kappa shape index (κ1) is 50.2. The van der Waals surface area contributed by atoms with Crippen LogP contribution in [0.25, 0.3) is 0 Å². The third kappa shape index (κ3) is 14.8. The zero-order valence-corrected chi connectivity index (χ0v) is 38.0. The van der Waals surface area contributed by atoms with Crippen LogP contribution in [-0.4, -0.2) is 93.9 Å². The van der Waals surface area contributed by atoms with Crippen LogP contribution in [0.15, 0.2) is 23.6 Å². The fourth-order valence-corrected chi connectivity index (χ4v) is 8.51. The molecule has 1 aliphatic heterocycles. The summed E-state index contributed by atoms with van der Waals surface area (Å²) in [4.78, 5) is 75.2. The van der Waals surface area contributed by atoms with Crippen molar-refractivity contribution in [3.8, 4) is 0 Å². The van der Waals surface area contributed by atoms with Gasteiger partial charge in [-0.3, -0.25) is 34.3 Å². The molecule has 3 amide bonds. The summed E-state index contributed by atoms with van der Waals surface area (Å²) in [5.74, 6) is -3.30. The van der Waals surface area contributed by atoms with Gasteiger partial charge < -0.3 is 25.8 Å². The van der Waals surface area contributed by atoms with Gasteiger partial charge in [0.2, 0.25) is 11.8 Å². The molecule has 0 saturated carbocycles. The number of carbonyl (C=O) groups is 5. The third-order valence-electron chi connectivity index (χ3n) is 11.6. The molecule has 0 bridgehead atoms. The Balaban J connectivity index is 1.90. The fourth-order valence-electron chi connectivity index (χ4n) is 7.68. The summed E-state index contributed by atoms with van der Waals surface area (Å²) in [7, 11) is 1.95. The van der Waals surface area contributed by atoms with Crippen molar-refractivity contribution in [2.24, 2.45) is 17.3 Å². The van der Waals surface area contributed by atoms with Gasteiger partial charge in [-0.1, -0.05) is 72.8 Å². The second-order valence-electron chi connectivity index (χ2n) is 17.4. The number of anilines is 1. The van der Waals surface area contributed by atoms with Crippen LogP contribution in [0.4, 0.5) is 10.1 Å². The summed E-state index contributed by atoms with van der Waals surface area (Å²) in [5.41, 5.74) is 10.6. The topological polar surface area (TPSA) is 196 Å². The molecule has 6 N–H and O–H groups in total. The van der Waals surface area contributed by atoms with Gasteiger partial charge in [0.1, 0.15) is 22.6 Å². The maximum atomic E-state index is 14.8. The number of esters is 1. The molecule has 1 aromatic carbocycles. The van der Waals surface area contributed by atoms with Crippen LogP contribution in [0.2, 0.25) is 0 Å². The number of halogens is 1. The number of benzene rings is 1. The number of amides is 3. The van der Waals surface area contributed by atoms with Crippen molar-refractivity contribution in [3.63, 3.8) is 0 Å². The minimum absolute atomic E-state index is 0.0123. The van der Waals surface area contributed by atoms with E-state index in [9.17, 15) is 33.5 Å². The molecule has 14 nitrogen and oxygen atoms in total. The average Bonchev–Trinajstić information content (AvgIpc) is 3.69. The van der Waals surface area contributed by atoms with Crippen LogP contribution < -0.4 is 21.9 Å². The Hall–Kier alpha value is -4.15. The highest BCUT2D eigenvalue weighted by Gasteiger charge is 2.39. The molecular formula is C44H70FN7O7S. The lowest BCUT2D eigenvalue weighted by atomic mass is 9.84. The molecule has 1 fully saturated rings.